The number of amides is 1. The lowest BCUT2D eigenvalue weighted by molar-refractivity contribution is -0.135. The van der Waals surface area contributed by atoms with Gasteiger partial charge in [0.25, 0.3) is 0 Å². The van der Waals surface area contributed by atoms with E-state index in [9.17, 15) is 10.1 Å². The molecule has 1 aliphatic heterocycles. The molecule has 146 valence electrons. The molecule has 1 amide bonds. The van der Waals surface area contributed by atoms with Crippen molar-refractivity contribution < 1.29 is 9.90 Å². The van der Waals surface area contributed by atoms with E-state index in [0.717, 1.165) is 40.4 Å². The fraction of sp³-hybridized carbons (Fsp3) is 0.261. The van der Waals surface area contributed by atoms with Crippen molar-refractivity contribution in [3.63, 3.8) is 0 Å². The number of benzene rings is 2. The van der Waals surface area contributed by atoms with Crippen molar-refractivity contribution in [3.8, 4) is 17.2 Å². The van der Waals surface area contributed by atoms with Gasteiger partial charge in [0.1, 0.15) is 6.61 Å². The van der Waals surface area contributed by atoms with Crippen molar-refractivity contribution in [1.82, 2.24) is 9.88 Å². The Labute approximate surface area is 169 Å². The molecule has 0 radical (unpaired) electrons. The smallest absolute Gasteiger partial charge is 0.248 e. The molecule has 6 nitrogen and oxygen atoms in total. The van der Waals surface area contributed by atoms with Gasteiger partial charge in [-0.05, 0) is 59.7 Å². The van der Waals surface area contributed by atoms with Crippen LogP contribution in [0.2, 0.25) is 0 Å². The van der Waals surface area contributed by atoms with Gasteiger partial charge in [-0.1, -0.05) is 12.1 Å². The number of aliphatic hydroxyl groups excluding tert-OH is 1. The summed E-state index contributed by atoms with van der Waals surface area (Å²) in [6.07, 6.45) is 5.28. The number of anilines is 1. The summed E-state index contributed by atoms with van der Waals surface area (Å²) in [4.78, 5) is 17.7. The minimum atomic E-state index is -0.432. The van der Waals surface area contributed by atoms with E-state index in [-0.39, 0.29) is 11.9 Å². The quantitative estimate of drug-likeness (QED) is 0.719. The predicted molar refractivity (Wildman–Crippen MR) is 112 cm³/mol. The van der Waals surface area contributed by atoms with Crippen molar-refractivity contribution in [2.24, 2.45) is 0 Å². The summed E-state index contributed by atoms with van der Waals surface area (Å²) in [5, 5.41) is 24.0. The van der Waals surface area contributed by atoms with Gasteiger partial charge in [-0.15, -0.1) is 0 Å². The maximum Gasteiger partial charge on any atom is 0.248 e. The molecule has 0 saturated carbocycles. The monoisotopic (exact) mass is 386 g/mol. The second-order valence-electron chi connectivity index (χ2n) is 7.27. The third kappa shape index (κ3) is 4.05. The van der Waals surface area contributed by atoms with Crippen LogP contribution in [-0.2, 0) is 4.79 Å². The van der Waals surface area contributed by atoms with E-state index in [1.807, 2.05) is 30.5 Å². The second kappa shape index (κ2) is 8.29. The molecule has 2 aromatic carbocycles. The number of nitrogens with zero attached hydrogens (tertiary/aromatic N) is 3. The van der Waals surface area contributed by atoms with Crippen LogP contribution >= 0.6 is 0 Å². The summed E-state index contributed by atoms with van der Waals surface area (Å²) in [6, 6.07) is 16.2. The molecule has 29 heavy (non-hydrogen) atoms. The number of hydrogen-bond donors (Lipinski definition) is 2. The Balaban J connectivity index is 1.63. The average Bonchev–Trinajstić information content (AvgIpc) is 2.79. The topological polar surface area (TPSA) is 89.2 Å². The molecule has 1 saturated heterocycles. The van der Waals surface area contributed by atoms with Gasteiger partial charge in [0.2, 0.25) is 5.91 Å². The van der Waals surface area contributed by atoms with Crippen molar-refractivity contribution in [2.45, 2.75) is 18.9 Å². The zero-order valence-electron chi connectivity index (χ0n) is 16.0. The summed E-state index contributed by atoms with van der Waals surface area (Å²) in [5.74, 6) is -0.211. The van der Waals surface area contributed by atoms with E-state index in [1.54, 1.807) is 17.2 Å². The first-order valence-electron chi connectivity index (χ1n) is 9.71. The lowest BCUT2D eigenvalue weighted by Crippen LogP contribution is -2.43. The Kier molecular flexibility index (Phi) is 5.41. The maximum atomic E-state index is 11.7. The number of pyridine rings is 1. The van der Waals surface area contributed by atoms with E-state index in [1.165, 1.54) is 0 Å². The molecule has 2 heterocycles. The highest BCUT2D eigenvalue weighted by Gasteiger charge is 2.22. The molecule has 4 rings (SSSR count). The van der Waals surface area contributed by atoms with E-state index >= 15 is 0 Å². The lowest BCUT2D eigenvalue weighted by atomic mass is 9.98. The number of fused-ring (bicyclic) bond motifs is 1. The Bertz CT molecular complexity index is 1080. The van der Waals surface area contributed by atoms with Gasteiger partial charge in [-0.3, -0.25) is 9.78 Å². The molecule has 3 aromatic rings. The van der Waals surface area contributed by atoms with Gasteiger partial charge in [-0.25, -0.2) is 0 Å². The number of aromatic nitrogens is 1. The minimum absolute atomic E-state index is 0.211. The van der Waals surface area contributed by atoms with Gasteiger partial charge < -0.3 is 15.3 Å². The van der Waals surface area contributed by atoms with Gasteiger partial charge >= 0.3 is 0 Å². The highest BCUT2D eigenvalue weighted by Crippen LogP contribution is 2.32. The van der Waals surface area contributed by atoms with Crippen LogP contribution in [0.15, 0.2) is 54.9 Å². The number of aliphatic hydroxyl groups is 1. The van der Waals surface area contributed by atoms with E-state index in [0.29, 0.717) is 18.7 Å². The van der Waals surface area contributed by atoms with Crippen LogP contribution in [0, 0.1) is 11.3 Å². The number of piperidine rings is 1. The molecule has 0 atom stereocenters. The first-order chi connectivity index (χ1) is 14.2. The van der Waals surface area contributed by atoms with Gasteiger partial charge in [0.05, 0.1) is 11.6 Å². The fourth-order valence-corrected chi connectivity index (χ4v) is 3.85. The number of carbonyl (C=O) groups excluding carboxylic acids is 1. The average molecular weight is 386 g/mol. The highest BCUT2D eigenvalue weighted by molar-refractivity contribution is 5.97. The van der Waals surface area contributed by atoms with Gasteiger partial charge in [0.15, 0.2) is 0 Å². The largest absolute Gasteiger partial charge is 0.387 e. The summed E-state index contributed by atoms with van der Waals surface area (Å²) >= 11 is 0. The van der Waals surface area contributed by atoms with Crippen LogP contribution in [-0.4, -0.2) is 46.6 Å². The van der Waals surface area contributed by atoms with Crippen LogP contribution in [0.25, 0.3) is 21.9 Å². The van der Waals surface area contributed by atoms with E-state index in [4.69, 9.17) is 5.11 Å². The Hall–Kier alpha value is -3.43. The molecular weight excluding hydrogens is 364 g/mol. The molecular formula is C23H22N4O2. The SMILES string of the molecule is N#Cc1cccc(-c2cc(NC3CCN(C(=O)CO)CC3)c3cnccc3c2)c1. The summed E-state index contributed by atoms with van der Waals surface area (Å²) in [6.45, 7) is 0.840. The molecule has 0 aliphatic carbocycles. The van der Waals surface area contributed by atoms with Crippen LogP contribution < -0.4 is 5.32 Å². The Morgan fingerprint density at radius 3 is 2.79 bits per heavy atom. The van der Waals surface area contributed by atoms with Crippen molar-refractivity contribution >= 4 is 22.4 Å². The Morgan fingerprint density at radius 1 is 1.21 bits per heavy atom. The van der Waals surface area contributed by atoms with Crippen LogP contribution in [0.4, 0.5) is 5.69 Å². The number of carbonyl (C=O) groups is 1. The predicted octanol–water partition coefficient (Wildman–Crippen LogP) is 3.17. The van der Waals surface area contributed by atoms with Crippen molar-refractivity contribution in [3.05, 3.63) is 60.4 Å². The van der Waals surface area contributed by atoms with E-state index < -0.39 is 6.61 Å². The van der Waals surface area contributed by atoms with Crippen LogP contribution in [0.3, 0.4) is 0 Å². The zero-order chi connectivity index (χ0) is 20.2. The standard InChI is InChI=1S/C23H22N4O2/c24-13-16-2-1-3-17(10-16)19-11-18-4-7-25-14-21(18)22(12-19)26-20-5-8-27(9-6-20)23(29)15-28/h1-4,7,10-12,14,20,26,28H,5-6,8-9,15H2. The molecule has 0 unspecified atom stereocenters. The number of nitrogens with one attached hydrogen (secondary N) is 1. The lowest BCUT2D eigenvalue weighted by Gasteiger charge is -2.33. The number of nitriles is 1. The third-order valence-electron chi connectivity index (χ3n) is 5.42. The summed E-state index contributed by atoms with van der Waals surface area (Å²) in [7, 11) is 0. The summed E-state index contributed by atoms with van der Waals surface area (Å²) < 4.78 is 0. The minimum Gasteiger partial charge on any atom is -0.387 e. The second-order valence-corrected chi connectivity index (χ2v) is 7.27. The molecule has 0 spiro atoms. The van der Waals surface area contributed by atoms with Crippen LogP contribution in [0.1, 0.15) is 18.4 Å². The molecule has 1 aliphatic rings. The molecule has 6 heteroatoms. The number of likely N-dealkylation sites (tertiary alicyclic amines) is 1. The summed E-state index contributed by atoms with van der Waals surface area (Å²) in [5.41, 5.74) is 3.66. The van der Waals surface area contributed by atoms with Crippen molar-refractivity contribution in [2.75, 3.05) is 25.0 Å². The zero-order valence-corrected chi connectivity index (χ0v) is 16.0. The van der Waals surface area contributed by atoms with Crippen molar-refractivity contribution in [1.29, 1.82) is 5.26 Å². The van der Waals surface area contributed by atoms with Gasteiger partial charge in [-0.2, -0.15) is 5.26 Å². The molecule has 1 fully saturated rings. The third-order valence-corrected chi connectivity index (χ3v) is 5.42. The van der Waals surface area contributed by atoms with Gasteiger partial charge in [0, 0.05) is 42.6 Å². The normalized spacial score (nSPS) is 14.6. The number of rotatable bonds is 4. The molecule has 1 aromatic heterocycles. The molecule has 0 bridgehead atoms. The van der Waals surface area contributed by atoms with E-state index in [2.05, 4.69) is 28.5 Å². The van der Waals surface area contributed by atoms with Crippen LogP contribution in [0.5, 0.6) is 0 Å². The maximum absolute atomic E-state index is 11.7. The first kappa shape index (κ1) is 18.9. The fourth-order valence-electron chi connectivity index (χ4n) is 3.85. The Morgan fingerprint density at radius 2 is 2.03 bits per heavy atom. The number of hydrogen-bond acceptors (Lipinski definition) is 5. The molecule has 2 N–H and O–H groups in total. The first-order valence-corrected chi connectivity index (χ1v) is 9.71. The highest BCUT2D eigenvalue weighted by atomic mass is 16.3.